The first kappa shape index (κ1) is 23.0. The van der Waals surface area contributed by atoms with Crippen molar-refractivity contribution in [1.82, 2.24) is 4.90 Å². The lowest BCUT2D eigenvalue weighted by molar-refractivity contribution is -0.137. The fourth-order valence-electron chi connectivity index (χ4n) is 4.65. The molecule has 0 amide bonds. The number of benzene rings is 2. The summed E-state index contributed by atoms with van der Waals surface area (Å²) in [5, 5.41) is 9.74. The van der Waals surface area contributed by atoms with Crippen LogP contribution < -0.4 is 4.74 Å². The van der Waals surface area contributed by atoms with Crippen LogP contribution in [0.3, 0.4) is 0 Å². The van der Waals surface area contributed by atoms with Gasteiger partial charge in [-0.1, -0.05) is 31.4 Å². The molecule has 8 heteroatoms. The van der Waals surface area contributed by atoms with Crippen LogP contribution in [-0.4, -0.2) is 35.8 Å². The van der Waals surface area contributed by atoms with Crippen LogP contribution in [0.15, 0.2) is 36.4 Å². The van der Waals surface area contributed by atoms with Gasteiger partial charge in [-0.3, -0.25) is 4.90 Å². The van der Waals surface area contributed by atoms with Gasteiger partial charge in [0, 0.05) is 13.1 Å². The third kappa shape index (κ3) is 4.91. The third-order valence-electron chi connectivity index (χ3n) is 6.49. The molecule has 32 heavy (non-hydrogen) atoms. The molecule has 0 bridgehead atoms. The summed E-state index contributed by atoms with van der Waals surface area (Å²) in [6, 6.07) is 6.84. The van der Waals surface area contributed by atoms with E-state index in [1.54, 1.807) is 4.90 Å². The SMILES string of the molecule is OCC(c1ccc(C(F)(F)F)cc1)N1CC(Oc2c(F)cc(C3CCCCC3)cc2F)C1. The highest BCUT2D eigenvalue weighted by Crippen LogP contribution is 2.37. The number of aliphatic hydroxyl groups is 1. The Hall–Kier alpha value is -2.19. The molecule has 2 fully saturated rings. The molecule has 0 spiro atoms. The normalized spacial score (nSPS) is 19.6. The lowest BCUT2D eigenvalue weighted by Crippen LogP contribution is -2.55. The zero-order chi connectivity index (χ0) is 22.9. The van der Waals surface area contributed by atoms with Crippen molar-refractivity contribution < 1.29 is 31.8 Å². The highest BCUT2D eigenvalue weighted by Gasteiger charge is 2.36. The Morgan fingerprint density at radius 3 is 2.09 bits per heavy atom. The summed E-state index contributed by atoms with van der Waals surface area (Å²) >= 11 is 0. The molecule has 4 rings (SSSR count). The van der Waals surface area contributed by atoms with Gasteiger partial charge in [-0.05, 0) is 54.2 Å². The quantitative estimate of drug-likeness (QED) is 0.557. The minimum atomic E-state index is -4.43. The molecule has 2 aromatic rings. The van der Waals surface area contributed by atoms with E-state index in [0.717, 1.165) is 44.2 Å². The van der Waals surface area contributed by atoms with Crippen molar-refractivity contribution in [3.63, 3.8) is 0 Å². The van der Waals surface area contributed by atoms with Crippen molar-refractivity contribution in [3.8, 4) is 5.75 Å². The minimum absolute atomic E-state index is 0.176. The van der Waals surface area contributed by atoms with Gasteiger partial charge in [-0.15, -0.1) is 0 Å². The Bertz CT molecular complexity index is 896. The van der Waals surface area contributed by atoms with Crippen molar-refractivity contribution in [1.29, 1.82) is 0 Å². The van der Waals surface area contributed by atoms with Crippen LogP contribution in [-0.2, 0) is 6.18 Å². The Kier molecular flexibility index (Phi) is 6.72. The highest BCUT2D eigenvalue weighted by molar-refractivity contribution is 5.34. The smallest absolute Gasteiger partial charge is 0.416 e. The summed E-state index contributed by atoms with van der Waals surface area (Å²) in [4.78, 5) is 1.81. The predicted molar refractivity (Wildman–Crippen MR) is 109 cm³/mol. The van der Waals surface area contributed by atoms with E-state index in [1.807, 2.05) is 0 Å². The Morgan fingerprint density at radius 1 is 0.969 bits per heavy atom. The molecule has 1 saturated carbocycles. The van der Waals surface area contributed by atoms with Gasteiger partial charge < -0.3 is 9.84 Å². The van der Waals surface area contributed by atoms with Gasteiger partial charge >= 0.3 is 6.18 Å². The number of hydrogen-bond donors (Lipinski definition) is 1. The largest absolute Gasteiger partial charge is 0.482 e. The van der Waals surface area contributed by atoms with Gasteiger partial charge in [0.1, 0.15) is 6.10 Å². The number of rotatable bonds is 6. The Morgan fingerprint density at radius 2 is 1.56 bits per heavy atom. The molecule has 2 aliphatic rings. The van der Waals surface area contributed by atoms with E-state index in [1.165, 1.54) is 24.3 Å². The lowest BCUT2D eigenvalue weighted by atomic mass is 9.84. The molecule has 1 aliphatic heterocycles. The van der Waals surface area contributed by atoms with E-state index < -0.39 is 41.3 Å². The van der Waals surface area contributed by atoms with E-state index in [9.17, 15) is 27.1 Å². The summed E-state index contributed by atoms with van der Waals surface area (Å²) in [6.45, 7) is 0.307. The molecule has 1 atom stereocenters. The average Bonchev–Trinajstić information content (AvgIpc) is 2.74. The number of aliphatic hydroxyl groups excluding tert-OH is 1. The minimum Gasteiger partial charge on any atom is -0.482 e. The second-order valence-electron chi connectivity index (χ2n) is 8.66. The first-order valence-corrected chi connectivity index (χ1v) is 10.9. The van der Waals surface area contributed by atoms with Crippen LogP contribution in [0.25, 0.3) is 0 Å². The lowest BCUT2D eigenvalue weighted by Gasteiger charge is -2.43. The predicted octanol–water partition coefficient (Wildman–Crippen LogP) is 5.83. The van der Waals surface area contributed by atoms with E-state index >= 15 is 0 Å². The summed E-state index contributed by atoms with van der Waals surface area (Å²) in [5.41, 5.74) is 0.448. The number of alkyl halides is 3. The summed E-state index contributed by atoms with van der Waals surface area (Å²) < 4.78 is 73.0. The fourth-order valence-corrected chi connectivity index (χ4v) is 4.65. The molecule has 2 aromatic carbocycles. The maximum absolute atomic E-state index is 14.6. The molecule has 1 aliphatic carbocycles. The van der Waals surface area contributed by atoms with Crippen LogP contribution in [0.4, 0.5) is 22.0 Å². The molecule has 1 N–H and O–H groups in total. The molecule has 0 radical (unpaired) electrons. The maximum atomic E-state index is 14.6. The summed E-state index contributed by atoms with van der Waals surface area (Å²) in [7, 11) is 0. The van der Waals surface area contributed by atoms with Gasteiger partial charge in [0.2, 0.25) is 0 Å². The molecule has 1 unspecified atom stereocenters. The van der Waals surface area contributed by atoms with Gasteiger partial charge in [-0.2, -0.15) is 13.2 Å². The van der Waals surface area contributed by atoms with Crippen molar-refractivity contribution in [2.24, 2.45) is 0 Å². The van der Waals surface area contributed by atoms with Crippen molar-refractivity contribution in [2.75, 3.05) is 19.7 Å². The van der Waals surface area contributed by atoms with Gasteiger partial charge in [0.15, 0.2) is 17.4 Å². The number of likely N-dealkylation sites (tertiary alicyclic amines) is 1. The summed E-state index contributed by atoms with van der Waals surface area (Å²) in [6.07, 6.45) is 0.255. The topological polar surface area (TPSA) is 32.7 Å². The maximum Gasteiger partial charge on any atom is 0.416 e. The molecular weight excluding hydrogens is 429 g/mol. The standard InChI is InChI=1S/C24H26F5NO2/c25-20-10-17(15-4-2-1-3-5-15)11-21(26)23(20)32-19-12-30(13-19)22(14-31)16-6-8-18(9-7-16)24(27,28)29/h6-11,15,19,22,31H,1-5,12-14H2. The molecule has 1 saturated heterocycles. The summed E-state index contributed by atoms with van der Waals surface area (Å²) in [5.74, 6) is -1.66. The van der Waals surface area contributed by atoms with Crippen LogP contribution in [0.1, 0.15) is 60.8 Å². The van der Waals surface area contributed by atoms with E-state index in [0.29, 0.717) is 24.2 Å². The van der Waals surface area contributed by atoms with Gasteiger partial charge in [0.05, 0.1) is 18.2 Å². The molecule has 174 valence electrons. The first-order valence-electron chi connectivity index (χ1n) is 10.9. The second kappa shape index (κ2) is 9.35. The van der Waals surface area contributed by atoms with Crippen LogP contribution in [0, 0.1) is 11.6 Å². The van der Waals surface area contributed by atoms with E-state index in [2.05, 4.69) is 0 Å². The zero-order valence-corrected chi connectivity index (χ0v) is 17.5. The Balaban J connectivity index is 1.38. The van der Waals surface area contributed by atoms with Crippen LogP contribution in [0.5, 0.6) is 5.75 Å². The first-order chi connectivity index (χ1) is 15.3. The van der Waals surface area contributed by atoms with Crippen LogP contribution >= 0.6 is 0 Å². The van der Waals surface area contributed by atoms with E-state index in [4.69, 9.17) is 4.74 Å². The monoisotopic (exact) mass is 455 g/mol. The van der Waals surface area contributed by atoms with E-state index in [-0.39, 0.29) is 12.5 Å². The Labute approximate surface area is 183 Å². The molecule has 1 heterocycles. The highest BCUT2D eigenvalue weighted by atomic mass is 19.4. The van der Waals surface area contributed by atoms with Gasteiger partial charge in [0.25, 0.3) is 0 Å². The molecule has 0 aromatic heterocycles. The number of halogens is 5. The van der Waals surface area contributed by atoms with Crippen molar-refractivity contribution in [3.05, 3.63) is 64.7 Å². The second-order valence-corrected chi connectivity index (χ2v) is 8.66. The fraction of sp³-hybridized carbons (Fsp3) is 0.500. The number of ether oxygens (including phenoxy) is 1. The average molecular weight is 455 g/mol. The van der Waals surface area contributed by atoms with Crippen molar-refractivity contribution >= 4 is 0 Å². The third-order valence-corrected chi connectivity index (χ3v) is 6.49. The van der Waals surface area contributed by atoms with Crippen molar-refractivity contribution in [2.45, 2.75) is 56.3 Å². The number of nitrogens with zero attached hydrogens (tertiary/aromatic N) is 1. The number of hydrogen-bond acceptors (Lipinski definition) is 3. The molecule has 3 nitrogen and oxygen atoms in total. The van der Waals surface area contributed by atoms with Crippen LogP contribution in [0.2, 0.25) is 0 Å². The van der Waals surface area contributed by atoms with Gasteiger partial charge in [-0.25, -0.2) is 8.78 Å². The zero-order valence-electron chi connectivity index (χ0n) is 17.5. The molecular formula is C24H26F5NO2.